The van der Waals surface area contributed by atoms with Crippen molar-refractivity contribution in [2.75, 3.05) is 0 Å². The van der Waals surface area contributed by atoms with Crippen molar-refractivity contribution in [2.45, 2.75) is 6.92 Å². The summed E-state index contributed by atoms with van der Waals surface area (Å²) in [5.74, 6) is 0. The Balaban J connectivity index is 2.10. The van der Waals surface area contributed by atoms with Crippen molar-refractivity contribution in [3.05, 3.63) is 150 Å². The Morgan fingerprint density at radius 3 is 1.17 bits per heavy atom. The molecule has 0 saturated heterocycles. The predicted molar refractivity (Wildman–Crippen MR) is 125 cm³/mol. The molecular formula is C29H24. The van der Waals surface area contributed by atoms with Crippen LogP contribution in [0.1, 0.15) is 29.2 Å². The molecule has 0 atom stereocenters. The van der Waals surface area contributed by atoms with Crippen LogP contribution in [-0.4, -0.2) is 0 Å². The molecule has 0 bridgehead atoms. The lowest BCUT2D eigenvalue weighted by Gasteiger charge is -2.20. The number of hydrogen-bond donors (Lipinski definition) is 0. The maximum absolute atomic E-state index is 2.23. The van der Waals surface area contributed by atoms with Gasteiger partial charge >= 0.3 is 0 Å². The molecule has 140 valence electrons. The van der Waals surface area contributed by atoms with Crippen molar-refractivity contribution in [1.29, 1.82) is 0 Å². The van der Waals surface area contributed by atoms with Gasteiger partial charge < -0.3 is 0 Å². The molecule has 0 radical (unpaired) electrons. The van der Waals surface area contributed by atoms with E-state index >= 15 is 0 Å². The molecule has 0 aliphatic carbocycles. The topological polar surface area (TPSA) is 0 Å². The molecule has 0 fully saturated rings. The third-order valence-corrected chi connectivity index (χ3v) is 5.08. The average molecular weight is 373 g/mol. The Bertz CT molecular complexity index is 1060. The van der Waals surface area contributed by atoms with E-state index in [0.29, 0.717) is 0 Å². The Labute approximate surface area is 173 Å². The quantitative estimate of drug-likeness (QED) is 0.248. The number of benzene rings is 4. The van der Waals surface area contributed by atoms with E-state index in [1.807, 2.05) is 0 Å². The van der Waals surface area contributed by atoms with Gasteiger partial charge in [-0.25, -0.2) is 0 Å². The first kappa shape index (κ1) is 18.7. The van der Waals surface area contributed by atoms with E-state index < -0.39 is 0 Å². The van der Waals surface area contributed by atoms with Gasteiger partial charge in [-0.1, -0.05) is 127 Å². The third kappa shape index (κ3) is 4.12. The fourth-order valence-electron chi connectivity index (χ4n) is 3.78. The standard InChI is InChI=1S/C29H24/c1-2-27(23-15-7-3-8-16-23)29(26-21-13-6-14-22-26)28(24-17-9-4-10-18-24)25-19-11-5-12-20-25/h2-22H,1H3/b27-2+. The molecule has 0 unspecified atom stereocenters. The van der Waals surface area contributed by atoms with Gasteiger partial charge in [0, 0.05) is 0 Å². The molecule has 0 amide bonds. The Morgan fingerprint density at radius 1 is 0.448 bits per heavy atom. The first-order chi connectivity index (χ1) is 14.4. The highest BCUT2D eigenvalue weighted by atomic mass is 14.2. The summed E-state index contributed by atoms with van der Waals surface area (Å²) in [4.78, 5) is 0. The molecule has 0 aliphatic rings. The summed E-state index contributed by atoms with van der Waals surface area (Å²) >= 11 is 0. The Hall–Kier alpha value is -3.64. The van der Waals surface area contributed by atoms with Gasteiger partial charge in [0.15, 0.2) is 0 Å². The van der Waals surface area contributed by atoms with Gasteiger partial charge in [0.05, 0.1) is 0 Å². The van der Waals surface area contributed by atoms with Crippen LogP contribution >= 0.6 is 0 Å². The minimum absolute atomic E-state index is 1.21. The van der Waals surface area contributed by atoms with Gasteiger partial charge in [0.1, 0.15) is 0 Å². The molecule has 0 N–H and O–H groups in total. The molecule has 0 spiro atoms. The lowest BCUT2D eigenvalue weighted by Crippen LogP contribution is -1.98. The van der Waals surface area contributed by atoms with E-state index in [1.54, 1.807) is 0 Å². The van der Waals surface area contributed by atoms with Crippen LogP contribution in [0.5, 0.6) is 0 Å². The molecule has 0 heteroatoms. The summed E-state index contributed by atoms with van der Waals surface area (Å²) < 4.78 is 0. The number of allylic oxidation sites excluding steroid dienone is 3. The minimum Gasteiger partial charge on any atom is -0.0791 e. The van der Waals surface area contributed by atoms with Crippen LogP contribution in [0.3, 0.4) is 0 Å². The van der Waals surface area contributed by atoms with Crippen LogP contribution in [-0.2, 0) is 0 Å². The third-order valence-electron chi connectivity index (χ3n) is 5.08. The molecule has 0 saturated carbocycles. The lowest BCUT2D eigenvalue weighted by molar-refractivity contribution is 1.52. The van der Waals surface area contributed by atoms with E-state index in [0.717, 1.165) is 0 Å². The molecule has 0 aliphatic heterocycles. The van der Waals surface area contributed by atoms with Crippen LogP contribution in [0.25, 0.3) is 16.7 Å². The van der Waals surface area contributed by atoms with Gasteiger partial charge in [-0.3, -0.25) is 0 Å². The molecule has 29 heavy (non-hydrogen) atoms. The van der Waals surface area contributed by atoms with E-state index in [4.69, 9.17) is 0 Å². The van der Waals surface area contributed by atoms with E-state index in [1.165, 1.54) is 39.0 Å². The van der Waals surface area contributed by atoms with Crippen LogP contribution in [0.2, 0.25) is 0 Å². The first-order valence-corrected chi connectivity index (χ1v) is 10.0. The normalized spacial score (nSPS) is 11.1. The largest absolute Gasteiger partial charge is 0.0791 e. The van der Waals surface area contributed by atoms with Crippen LogP contribution in [0.15, 0.2) is 127 Å². The molecule has 4 rings (SSSR count). The maximum Gasteiger partial charge on any atom is -0.00241 e. The monoisotopic (exact) mass is 372 g/mol. The molecular weight excluding hydrogens is 348 g/mol. The highest BCUT2D eigenvalue weighted by Gasteiger charge is 2.18. The number of hydrogen-bond acceptors (Lipinski definition) is 0. The van der Waals surface area contributed by atoms with E-state index in [2.05, 4.69) is 134 Å². The van der Waals surface area contributed by atoms with Crippen molar-refractivity contribution < 1.29 is 0 Å². The highest BCUT2D eigenvalue weighted by molar-refractivity contribution is 6.17. The van der Waals surface area contributed by atoms with E-state index in [9.17, 15) is 0 Å². The molecule has 4 aromatic rings. The SMILES string of the molecule is C/C=C(/C(=C(c1ccccc1)c1ccccc1)c1ccccc1)c1ccccc1. The second-order valence-electron chi connectivity index (χ2n) is 6.92. The van der Waals surface area contributed by atoms with Crippen LogP contribution < -0.4 is 0 Å². The van der Waals surface area contributed by atoms with Crippen LogP contribution in [0.4, 0.5) is 0 Å². The minimum atomic E-state index is 1.21. The summed E-state index contributed by atoms with van der Waals surface area (Å²) in [5, 5.41) is 0. The molecule has 4 aromatic carbocycles. The summed E-state index contributed by atoms with van der Waals surface area (Å²) in [5.41, 5.74) is 8.59. The van der Waals surface area contributed by atoms with Gasteiger partial charge in [-0.05, 0) is 45.9 Å². The molecule has 0 nitrogen and oxygen atoms in total. The zero-order valence-corrected chi connectivity index (χ0v) is 16.6. The van der Waals surface area contributed by atoms with Crippen molar-refractivity contribution in [3.8, 4) is 0 Å². The molecule has 0 heterocycles. The first-order valence-electron chi connectivity index (χ1n) is 10.0. The van der Waals surface area contributed by atoms with Gasteiger partial charge in [0.2, 0.25) is 0 Å². The zero-order valence-electron chi connectivity index (χ0n) is 16.6. The highest BCUT2D eigenvalue weighted by Crippen LogP contribution is 2.40. The lowest BCUT2D eigenvalue weighted by atomic mass is 9.83. The van der Waals surface area contributed by atoms with Crippen molar-refractivity contribution >= 4 is 16.7 Å². The number of rotatable bonds is 5. The fourth-order valence-corrected chi connectivity index (χ4v) is 3.78. The summed E-state index contributed by atoms with van der Waals surface area (Å²) in [6.07, 6.45) is 2.23. The van der Waals surface area contributed by atoms with Crippen molar-refractivity contribution in [3.63, 3.8) is 0 Å². The summed E-state index contributed by atoms with van der Waals surface area (Å²) in [6.45, 7) is 2.12. The zero-order chi connectivity index (χ0) is 19.9. The van der Waals surface area contributed by atoms with Gasteiger partial charge in [-0.15, -0.1) is 0 Å². The average Bonchev–Trinajstić information content (AvgIpc) is 2.81. The second-order valence-corrected chi connectivity index (χ2v) is 6.92. The smallest absolute Gasteiger partial charge is 0.00241 e. The van der Waals surface area contributed by atoms with Gasteiger partial charge in [-0.2, -0.15) is 0 Å². The summed E-state index contributed by atoms with van der Waals surface area (Å²) in [6, 6.07) is 42.7. The predicted octanol–water partition coefficient (Wildman–Crippen LogP) is 7.75. The fraction of sp³-hybridized carbons (Fsp3) is 0.0345. The maximum atomic E-state index is 2.23. The van der Waals surface area contributed by atoms with Gasteiger partial charge in [0.25, 0.3) is 0 Å². The van der Waals surface area contributed by atoms with E-state index in [-0.39, 0.29) is 0 Å². The van der Waals surface area contributed by atoms with Crippen molar-refractivity contribution in [2.24, 2.45) is 0 Å². The Kier molecular flexibility index (Phi) is 5.83. The Morgan fingerprint density at radius 2 is 0.793 bits per heavy atom. The second kappa shape index (κ2) is 9.03. The summed E-state index contributed by atoms with van der Waals surface area (Å²) in [7, 11) is 0. The van der Waals surface area contributed by atoms with Crippen LogP contribution in [0, 0.1) is 0 Å². The molecule has 0 aromatic heterocycles. The van der Waals surface area contributed by atoms with Crippen molar-refractivity contribution in [1.82, 2.24) is 0 Å².